The molecule has 1 unspecified atom stereocenters. The van der Waals surface area contributed by atoms with Crippen LogP contribution in [0.15, 0.2) is 53.5 Å². The SMILES string of the molecule is CCOc1ccccc1C1(NC)N=C(C)Nc2ccccc21.Cl. The number of benzene rings is 2. The normalized spacial score (nSPS) is 19.0. The Morgan fingerprint density at radius 2 is 1.74 bits per heavy atom. The van der Waals surface area contributed by atoms with Crippen molar-refractivity contribution in [3.8, 4) is 5.75 Å². The van der Waals surface area contributed by atoms with Crippen LogP contribution in [0.1, 0.15) is 25.0 Å². The third-order valence-corrected chi connectivity index (χ3v) is 3.91. The standard InChI is InChI=1S/C18H21N3O.ClH/c1-4-22-17-12-8-6-10-15(17)18(19-3)14-9-5-7-11-16(14)20-13(2)21-18;/h5-12,19H,4H2,1-3H3,(H,20,21);1H. The zero-order valence-corrected chi connectivity index (χ0v) is 14.4. The summed E-state index contributed by atoms with van der Waals surface area (Å²) in [6.07, 6.45) is 0. The molecule has 1 aliphatic rings. The van der Waals surface area contributed by atoms with Crippen molar-refractivity contribution in [2.45, 2.75) is 19.5 Å². The lowest BCUT2D eigenvalue weighted by molar-refractivity contribution is 0.323. The molecule has 2 aromatic carbocycles. The number of fused-ring (bicyclic) bond motifs is 1. The Labute approximate surface area is 143 Å². The largest absolute Gasteiger partial charge is 0.493 e. The first-order valence-corrected chi connectivity index (χ1v) is 7.55. The van der Waals surface area contributed by atoms with Gasteiger partial charge in [0.05, 0.1) is 6.61 Å². The molecule has 5 heteroatoms. The van der Waals surface area contributed by atoms with Gasteiger partial charge < -0.3 is 10.1 Å². The van der Waals surface area contributed by atoms with Crippen LogP contribution in [0.4, 0.5) is 5.69 Å². The van der Waals surface area contributed by atoms with E-state index in [1.807, 2.05) is 51.2 Å². The van der Waals surface area contributed by atoms with Gasteiger partial charge in [-0.3, -0.25) is 5.32 Å². The summed E-state index contributed by atoms with van der Waals surface area (Å²) < 4.78 is 5.84. The molecule has 1 aliphatic heterocycles. The molecule has 1 atom stereocenters. The van der Waals surface area contributed by atoms with Crippen molar-refractivity contribution in [2.24, 2.45) is 4.99 Å². The van der Waals surface area contributed by atoms with Crippen LogP contribution in [0.25, 0.3) is 0 Å². The lowest BCUT2D eigenvalue weighted by atomic mass is 9.88. The Morgan fingerprint density at radius 3 is 2.43 bits per heavy atom. The van der Waals surface area contributed by atoms with E-state index in [0.717, 1.165) is 28.4 Å². The number of anilines is 1. The van der Waals surface area contributed by atoms with Gasteiger partial charge in [-0.1, -0.05) is 36.4 Å². The number of nitrogens with one attached hydrogen (secondary N) is 2. The number of ether oxygens (including phenoxy) is 1. The molecule has 0 saturated carbocycles. The van der Waals surface area contributed by atoms with E-state index in [1.165, 1.54) is 0 Å². The lowest BCUT2D eigenvalue weighted by Crippen LogP contribution is -2.44. The zero-order valence-electron chi connectivity index (χ0n) is 13.6. The Balaban J connectivity index is 0.00000192. The van der Waals surface area contributed by atoms with Crippen LogP contribution < -0.4 is 15.4 Å². The zero-order chi connectivity index (χ0) is 15.6. The second-order valence-electron chi connectivity index (χ2n) is 5.26. The van der Waals surface area contributed by atoms with Gasteiger partial charge >= 0.3 is 0 Å². The van der Waals surface area contributed by atoms with Crippen LogP contribution in [0.5, 0.6) is 5.75 Å². The molecule has 0 spiro atoms. The van der Waals surface area contributed by atoms with E-state index < -0.39 is 5.66 Å². The highest BCUT2D eigenvalue weighted by Crippen LogP contribution is 2.42. The maximum atomic E-state index is 5.84. The minimum Gasteiger partial charge on any atom is -0.493 e. The molecule has 1 heterocycles. The highest BCUT2D eigenvalue weighted by atomic mass is 35.5. The molecule has 4 nitrogen and oxygen atoms in total. The summed E-state index contributed by atoms with van der Waals surface area (Å²) in [5.74, 6) is 1.73. The Hall–Kier alpha value is -2.04. The van der Waals surface area contributed by atoms with Crippen molar-refractivity contribution in [1.29, 1.82) is 0 Å². The summed E-state index contributed by atoms with van der Waals surface area (Å²) in [5, 5.41) is 6.75. The summed E-state index contributed by atoms with van der Waals surface area (Å²) in [5.41, 5.74) is 2.54. The third kappa shape index (κ3) is 2.92. The maximum Gasteiger partial charge on any atom is 0.169 e. The van der Waals surface area contributed by atoms with Crippen LogP contribution in [-0.2, 0) is 5.66 Å². The average molecular weight is 332 g/mol. The molecule has 0 aromatic heterocycles. The van der Waals surface area contributed by atoms with Gasteiger partial charge in [0.2, 0.25) is 0 Å². The Kier molecular flexibility index (Phi) is 5.29. The number of halogens is 1. The molecule has 0 fully saturated rings. The van der Waals surface area contributed by atoms with Gasteiger partial charge in [-0.2, -0.15) is 0 Å². The first kappa shape index (κ1) is 17.3. The van der Waals surface area contributed by atoms with Crippen LogP contribution in [-0.4, -0.2) is 19.5 Å². The first-order chi connectivity index (χ1) is 10.7. The monoisotopic (exact) mass is 331 g/mol. The predicted octanol–water partition coefficient (Wildman–Crippen LogP) is 3.77. The van der Waals surface area contributed by atoms with Gasteiger partial charge in [0.1, 0.15) is 11.6 Å². The Morgan fingerprint density at radius 1 is 1.09 bits per heavy atom. The van der Waals surface area contributed by atoms with Crippen LogP contribution in [0.2, 0.25) is 0 Å². The molecule has 2 aromatic rings. The number of hydrogen-bond acceptors (Lipinski definition) is 4. The fourth-order valence-corrected chi connectivity index (χ4v) is 3.02. The average Bonchev–Trinajstić information content (AvgIpc) is 2.55. The molecule has 0 radical (unpaired) electrons. The van der Waals surface area contributed by atoms with Gasteiger partial charge in [0, 0.05) is 16.8 Å². The van der Waals surface area contributed by atoms with E-state index in [9.17, 15) is 0 Å². The summed E-state index contributed by atoms with van der Waals surface area (Å²) in [6.45, 7) is 4.60. The Bertz CT molecular complexity index is 717. The molecule has 3 rings (SSSR count). The molecular formula is C18H22ClN3O. The molecule has 0 aliphatic carbocycles. The number of para-hydroxylation sites is 2. The van der Waals surface area contributed by atoms with E-state index in [1.54, 1.807) is 0 Å². The van der Waals surface area contributed by atoms with Gasteiger partial charge in [-0.15, -0.1) is 12.4 Å². The molecule has 0 amide bonds. The number of amidine groups is 1. The van der Waals surface area contributed by atoms with Crippen molar-refractivity contribution >= 4 is 23.9 Å². The van der Waals surface area contributed by atoms with E-state index in [4.69, 9.17) is 9.73 Å². The van der Waals surface area contributed by atoms with Crippen LogP contribution >= 0.6 is 12.4 Å². The first-order valence-electron chi connectivity index (χ1n) is 7.55. The molecule has 2 N–H and O–H groups in total. The topological polar surface area (TPSA) is 45.6 Å². The fraction of sp³-hybridized carbons (Fsp3) is 0.278. The van der Waals surface area contributed by atoms with E-state index in [-0.39, 0.29) is 12.4 Å². The molecule has 0 bridgehead atoms. The number of aliphatic imine (C=N–C) groups is 1. The van der Waals surface area contributed by atoms with Crippen LogP contribution in [0.3, 0.4) is 0 Å². The predicted molar refractivity (Wildman–Crippen MR) is 97.9 cm³/mol. The van der Waals surface area contributed by atoms with Gasteiger partial charge in [-0.25, -0.2) is 4.99 Å². The maximum absolute atomic E-state index is 5.84. The third-order valence-electron chi connectivity index (χ3n) is 3.91. The van der Waals surface area contributed by atoms with Gasteiger partial charge in [0.15, 0.2) is 5.66 Å². The second kappa shape index (κ2) is 7.02. The number of rotatable bonds is 4. The van der Waals surface area contributed by atoms with Gasteiger partial charge in [0.25, 0.3) is 0 Å². The fourth-order valence-electron chi connectivity index (χ4n) is 3.02. The highest BCUT2D eigenvalue weighted by molar-refractivity contribution is 5.97. The van der Waals surface area contributed by atoms with Crippen molar-refractivity contribution in [3.63, 3.8) is 0 Å². The minimum absolute atomic E-state index is 0. The number of hydrogen-bond donors (Lipinski definition) is 2. The molecule has 0 saturated heterocycles. The number of nitrogens with zero attached hydrogens (tertiary/aromatic N) is 1. The summed E-state index contributed by atoms with van der Waals surface area (Å²) in [6, 6.07) is 16.3. The van der Waals surface area contributed by atoms with Crippen LogP contribution in [0, 0.1) is 0 Å². The quantitative estimate of drug-likeness (QED) is 0.896. The van der Waals surface area contributed by atoms with E-state index in [2.05, 4.69) is 28.8 Å². The van der Waals surface area contributed by atoms with Gasteiger partial charge in [-0.05, 0) is 33.0 Å². The molecule has 122 valence electrons. The lowest BCUT2D eigenvalue weighted by Gasteiger charge is -2.37. The smallest absolute Gasteiger partial charge is 0.169 e. The summed E-state index contributed by atoms with van der Waals surface area (Å²) in [7, 11) is 1.93. The second-order valence-corrected chi connectivity index (χ2v) is 5.26. The van der Waals surface area contributed by atoms with Crippen molar-refractivity contribution in [3.05, 3.63) is 59.7 Å². The summed E-state index contributed by atoms with van der Waals surface area (Å²) >= 11 is 0. The van der Waals surface area contributed by atoms with E-state index in [0.29, 0.717) is 6.61 Å². The molecular weight excluding hydrogens is 310 g/mol. The van der Waals surface area contributed by atoms with E-state index >= 15 is 0 Å². The molecule has 23 heavy (non-hydrogen) atoms. The van der Waals surface area contributed by atoms with Crippen molar-refractivity contribution in [2.75, 3.05) is 19.0 Å². The highest BCUT2D eigenvalue weighted by Gasteiger charge is 2.39. The minimum atomic E-state index is -0.641. The summed E-state index contributed by atoms with van der Waals surface area (Å²) in [4.78, 5) is 4.90. The van der Waals surface area contributed by atoms with Crippen molar-refractivity contribution in [1.82, 2.24) is 5.32 Å². The van der Waals surface area contributed by atoms with Crippen molar-refractivity contribution < 1.29 is 4.74 Å².